The minimum atomic E-state index is -0.986. The van der Waals surface area contributed by atoms with Crippen molar-refractivity contribution in [1.82, 2.24) is 19.6 Å². The third kappa shape index (κ3) is 4.83. The smallest absolute Gasteiger partial charge is 0.301 e. The molecule has 2 aromatic carbocycles. The molecule has 4 heterocycles. The number of thioether (sulfide) groups is 1. The third-order valence-electron chi connectivity index (χ3n) is 7.07. The first kappa shape index (κ1) is 28.0. The van der Waals surface area contributed by atoms with E-state index in [0.29, 0.717) is 37.8 Å². The number of benzene rings is 2. The summed E-state index contributed by atoms with van der Waals surface area (Å²) in [6.07, 6.45) is 1.84. The summed E-state index contributed by atoms with van der Waals surface area (Å²) in [4.78, 5) is 33.2. The van der Waals surface area contributed by atoms with Gasteiger partial charge in [-0.3, -0.25) is 14.5 Å². The third-order valence-corrected chi connectivity index (χ3v) is 9.55. The van der Waals surface area contributed by atoms with Gasteiger partial charge in [-0.25, -0.2) is 4.98 Å². The summed E-state index contributed by atoms with van der Waals surface area (Å²) in [5.41, 5.74) is 3.83. The van der Waals surface area contributed by atoms with Gasteiger partial charge in [0.05, 0.1) is 24.4 Å². The Labute approximate surface area is 254 Å². The van der Waals surface area contributed by atoms with Gasteiger partial charge >= 0.3 is 5.91 Å². The number of anilines is 1. The summed E-state index contributed by atoms with van der Waals surface area (Å²) in [6.45, 7) is 3.72. The lowest BCUT2D eigenvalue weighted by atomic mass is 9.96. The van der Waals surface area contributed by atoms with Gasteiger partial charge in [0.1, 0.15) is 17.1 Å². The molecule has 1 atom stereocenters. The first-order chi connectivity index (χ1) is 20.3. The van der Waals surface area contributed by atoms with Crippen LogP contribution in [0.2, 0.25) is 5.02 Å². The lowest BCUT2D eigenvalue weighted by Crippen LogP contribution is -2.29. The molecule has 1 aliphatic rings. The maximum Gasteiger partial charge on any atom is 0.301 e. The molecule has 9 nitrogen and oxygen atoms in total. The number of pyridine rings is 1. The molecule has 5 aromatic rings. The van der Waals surface area contributed by atoms with E-state index in [4.69, 9.17) is 16.3 Å². The Morgan fingerprint density at radius 3 is 2.67 bits per heavy atom. The Morgan fingerprint density at radius 2 is 1.90 bits per heavy atom. The zero-order chi connectivity index (χ0) is 29.5. The van der Waals surface area contributed by atoms with Gasteiger partial charge in [0, 0.05) is 17.0 Å². The maximum atomic E-state index is 13.7. The van der Waals surface area contributed by atoms with E-state index >= 15 is 0 Å². The van der Waals surface area contributed by atoms with Gasteiger partial charge in [0.15, 0.2) is 10.1 Å². The van der Waals surface area contributed by atoms with Crippen molar-refractivity contribution in [1.29, 1.82) is 0 Å². The predicted molar refractivity (Wildman–Crippen MR) is 163 cm³/mol. The first-order valence-electron chi connectivity index (χ1n) is 12.9. The van der Waals surface area contributed by atoms with Crippen molar-refractivity contribution >= 4 is 62.9 Å². The fourth-order valence-corrected chi connectivity index (χ4v) is 7.10. The number of fused-ring (bicyclic) bond motifs is 1. The molecule has 1 saturated heterocycles. The van der Waals surface area contributed by atoms with Crippen molar-refractivity contribution in [2.24, 2.45) is 0 Å². The number of aliphatic hydroxyl groups excluding tert-OH is 1. The molecule has 12 heteroatoms. The largest absolute Gasteiger partial charge is 0.505 e. The van der Waals surface area contributed by atoms with Crippen LogP contribution in [0.4, 0.5) is 5.13 Å². The summed E-state index contributed by atoms with van der Waals surface area (Å²) in [7, 11) is 1.53. The second-order valence-corrected chi connectivity index (χ2v) is 12.2. The summed E-state index contributed by atoms with van der Waals surface area (Å²) in [5, 5.41) is 21.1. The Kier molecular flexibility index (Phi) is 7.48. The highest BCUT2D eigenvalue weighted by atomic mass is 35.5. The molecule has 1 amide bonds. The molecule has 0 radical (unpaired) electrons. The predicted octanol–water partition coefficient (Wildman–Crippen LogP) is 6.38. The number of ketones is 1. The van der Waals surface area contributed by atoms with Crippen LogP contribution >= 0.6 is 34.7 Å². The second-order valence-electron chi connectivity index (χ2n) is 9.61. The number of hydrogen-bond donors (Lipinski definition) is 1. The number of rotatable bonds is 7. The number of carbonyl (C=O) groups excluding carboxylic acids is 2. The quantitative estimate of drug-likeness (QED) is 0.0736. The second kappa shape index (κ2) is 11.2. The molecule has 1 fully saturated rings. The standard InChI is InChI=1S/C30H24ClN5O4S2/c1-16-8-7-13-35-17(2)23(32-27(16)35)25(37)22-24(18-10-6-11-20(14-18)40-3)36(28(39)26(22)38)29-33-34-30(42-29)41-15-19-9-4-5-12-21(19)31/h4-14,24,37H,15H2,1-3H3. The minimum absolute atomic E-state index is 0.0853. The summed E-state index contributed by atoms with van der Waals surface area (Å²) >= 11 is 8.91. The van der Waals surface area contributed by atoms with Crippen LogP contribution in [0.1, 0.15) is 34.1 Å². The Bertz CT molecular complexity index is 1900. The van der Waals surface area contributed by atoms with Gasteiger partial charge in [-0.1, -0.05) is 71.1 Å². The SMILES string of the molecule is COc1cccc(C2C(=C(O)c3nc4c(C)cccn4c3C)C(=O)C(=O)N2c2nnc(SCc3ccccc3Cl)s2)c1. The zero-order valence-corrected chi connectivity index (χ0v) is 25.1. The molecule has 6 rings (SSSR count). The maximum absolute atomic E-state index is 13.7. The number of aromatic nitrogens is 4. The van der Waals surface area contributed by atoms with Crippen LogP contribution in [-0.2, 0) is 15.3 Å². The molecule has 212 valence electrons. The number of amides is 1. The zero-order valence-electron chi connectivity index (χ0n) is 22.7. The number of aliphatic hydroxyl groups is 1. The van der Waals surface area contributed by atoms with Crippen molar-refractivity contribution in [3.63, 3.8) is 0 Å². The van der Waals surface area contributed by atoms with Gasteiger partial charge in [0.25, 0.3) is 5.78 Å². The molecule has 0 spiro atoms. The van der Waals surface area contributed by atoms with Crippen LogP contribution in [0.25, 0.3) is 11.4 Å². The van der Waals surface area contributed by atoms with E-state index in [-0.39, 0.29) is 22.2 Å². The van der Waals surface area contributed by atoms with Crippen LogP contribution in [0.15, 0.2) is 76.8 Å². The van der Waals surface area contributed by atoms with E-state index < -0.39 is 17.7 Å². The molecule has 1 aliphatic heterocycles. The van der Waals surface area contributed by atoms with Crippen molar-refractivity contribution in [3.8, 4) is 5.75 Å². The minimum Gasteiger partial charge on any atom is -0.505 e. The van der Waals surface area contributed by atoms with E-state index in [1.165, 1.54) is 35.1 Å². The average Bonchev–Trinajstić information content (AvgIpc) is 3.67. The van der Waals surface area contributed by atoms with Crippen molar-refractivity contribution in [3.05, 3.63) is 106 Å². The van der Waals surface area contributed by atoms with Gasteiger partial charge < -0.3 is 14.2 Å². The van der Waals surface area contributed by atoms with Crippen LogP contribution in [-0.4, -0.2) is 43.5 Å². The number of carbonyl (C=O) groups is 2. The number of ether oxygens (including phenoxy) is 1. The van der Waals surface area contributed by atoms with Gasteiger partial charge in [-0.15, -0.1) is 10.2 Å². The normalized spacial score (nSPS) is 16.5. The molecule has 0 saturated carbocycles. The number of halogens is 1. The number of Topliss-reactive ketones (excluding diaryl/α,β-unsaturated/α-hetero) is 1. The Morgan fingerprint density at radius 1 is 1.10 bits per heavy atom. The van der Waals surface area contributed by atoms with E-state index in [1.54, 1.807) is 31.2 Å². The molecule has 3 aromatic heterocycles. The number of imidazole rings is 1. The topological polar surface area (TPSA) is 110 Å². The summed E-state index contributed by atoms with van der Waals surface area (Å²) < 4.78 is 7.87. The average molecular weight is 618 g/mol. The number of hydrogen-bond acceptors (Lipinski definition) is 9. The van der Waals surface area contributed by atoms with Crippen molar-refractivity contribution in [2.45, 2.75) is 30.0 Å². The lowest BCUT2D eigenvalue weighted by Gasteiger charge is -2.22. The molecule has 0 aliphatic carbocycles. The van der Waals surface area contributed by atoms with Crippen LogP contribution in [0.3, 0.4) is 0 Å². The molecular weight excluding hydrogens is 594 g/mol. The highest BCUT2D eigenvalue weighted by Crippen LogP contribution is 2.45. The summed E-state index contributed by atoms with van der Waals surface area (Å²) in [5.74, 6) is -0.929. The number of methoxy groups -OCH3 is 1. The first-order valence-corrected chi connectivity index (χ1v) is 15.1. The molecular formula is C30H24ClN5O4S2. The fourth-order valence-electron chi connectivity index (χ4n) is 4.94. The highest BCUT2D eigenvalue weighted by Gasteiger charge is 2.49. The summed E-state index contributed by atoms with van der Waals surface area (Å²) in [6, 6.07) is 17.4. The van der Waals surface area contributed by atoms with Crippen LogP contribution < -0.4 is 9.64 Å². The highest BCUT2D eigenvalue weighted by molar-refractivity contribution is 8.00. The van der Waals surface area contributed by atoms with Crippen LogP contribution in [0, 0.1) is 13.8 Å². The molecule has 0 bridgehead atoms. The van der Waals surface area contributed by atoms with Crippen LogP contribution in [0.5, 0.6) is 5.75 Å². The van der Waals surface area contributed by atoms with Gasteiger partial charge in [-0.05, 0) is 54.8 Å². The van der Waals surface area contributed by atoms with E-state index in [9.17, 15) is 14.7 Å². The lowest BCUT2D eigenvalue weighted by molar-refractivity contribution is -0.132. The molecule has 1 unspecified atom stereocenters. The van der Waals surface area contributed by atoms with E-state index in [2.05, 4.69) is 15.2 Å². The number of nitrogens with zero attached hydrogens (tertiary/aromatic N) is 5. The fraction of sp³-hybridized carbons (Fsp3) is 0.167. The number of aryl methyl sites for hydroxylation is 2. The van der Waals surface area contributed by atoms with Gasteiger partial charge in [-0.2, -0.15) is 0 Å². The van der Waals surface area contributed by atoms with Crippen molar-refractivity contribution in [2.75, 3.05) is 12.0 Å². The monoisotopic (exact) mass is 617 g/mol. The van der Waals surface area contributed by atoms with E-state index in [1.807, 2.05) is 53.9 Å². The van der Waals surface area contributed by atoms with Crippen molar-refractivity contribution < 1.29 is 19.4 Å². The molecule has 1 N–H and O–H groups in total. The Balaban J connectivity index is 1.45. The van der Waals surface area contributed by atoms with Gasteiger partial charge in [0.2, 0.25) is 5.13 Å². The molecule has 42 heavy (non-hydrogen) atoms. The Hall–Kier alpha value is -4.19. The van der Waals surface area contributed by atoms with E-state index in [0.717, 1.165) is 11.1 Å².